The Labute approximate surface area is 233 Å². The summed E-state index contributed by atoms with van der Waals surface area (Å²) in [5.74, 6) is -7.18. The van der Waals surface area contributed by atoms with Gasteiger partial charge in [0, 0.05) is 29.9 Å². The van der Waals surface area contributed by atoms with E-state index in [4.69, 9.17) is 16.7 Å². The van der Waals surface area contributed by atoms with E-state index in [0.717, 1.165) is 6.07 Å². The molecule has 2 aliphatic carbocycles. The van der Waals surface area contributed by atoms with Crippen molar-refractivity contribution in [2.75, 3.05) is 18.5 Å². The minimum atomic E-state index is -4.12. The first-order chi connectivity index (χ1) is 18.8. The molecule has 14 heteroatoms. The van der Waals surface area contributed by atoms with Gasteiger partial charge < -0.3 is 26.0 Å². The summed E-state index contributed by atoms with van der Waals surface area (Å²) in [7, 11) is -4.12. The van der Waals surface area contributed by atoms with Crippen molar-refractivity contribution in [3.8, 4) is 0 Å². The standard InChI is InChI=1S/C26H28ClF3N2O7S/c27-19-4-1-13(25(36)32-16-8-20(28)24(30)21(29)9-16)5-22(19)40(38,39)18-6-14-2-3-15(7-18)26(14,37)10-23(35)31-11-17(34)12-33/h1,4-5,8-9,14-15,17-18,33-34,37H,2-3,6-7,10-12H2,(H,31,35)(H,32,36)/t14-,15?,17?,18-,26-/m0/s1. The van der Waals surface area contributed by atoms with Crippen molar-refractivity contribution in [1.29, 1.82) is 0 Å². The molecule has 218 valence electrons. The van der Waals surface area contributed by atoms with E-state index in [9.17, 15) is 41.4 Å². The fraction of sp³-hybridized carbons (Fsp3) is 0.462. The van der Waals surface area contributed by atoms with Crippen LogP contribution in [0.2, 0.25) is 5.02 Å². The summed E-state index contributed by atoms with van der Waals surface area (Å²) < 4.78 is 67.6. The SMILES string of the molecule is O=C(C[C@@]1(O)C2CC[C@H]1C[C@H](S(=O)(=O)c1cc(C(=O)Nc3cc(F)c(F)c(F)c3)ccc1Cl)C2)NCC(O)CO. The molecule has 0 saturated heterocycles. The average molecular weight is 605 g/mol. The second-order valence-corrected chi connectivity index (χ2v) is 12.9. The molecule has 40 heavy (non-hydrogen) atoms. The molecule has 2 aliphatic rings. The highest BCUT2D eigenvalue weighted by Gasteiger charge is 2.56. The Morgan fingerprint density at radius 3 is 2.25 bits per heavy atom. The summed E-state index contributed by atoms with van der Waals surface area (Å²) in [5, 5.41) is 33.2. The lowest BCUT2D eigenvalue weighted by molar-refractivity contribution is -0.133. The van der Waals surface area contributed by atoms with E-state index in [2.05, 4.69) is 10.6 Å². The number of carbonyl (C=O) groups is 2. The number of hydrogen-bond acceptors (Lipinski definition) is 7. The molecule has 2 unspecified atom stereocenters. The summed E-state index contributed by atoms with van der Waals surface area (Å²) in [6, 6.07) is 4.64. The number of benzene rings is 2. The molecule has 0 aliphatic heterocycles. The van der Waals surface area contributed by atoms with Gasteiger partial charge in [-0.15, -0.1) is 0 Å². The predicted molar refractivity (Wildman–Crippen MR) is 138 cm³/mol. The van der Waals surface area contributed by atoms with E-state index in [-0.39, 0.29) is 47.0 Å². The van der Waals surface area contributed by atoms with Crippen LogP contribution in [0.1, 0.15) is 42.5 Å². The molecule has 2 saturated carbocycles. The molecule has 2 amide bonds. The van der Waals surface area contributed by atoms with Gasteiger partial charge >= 0.3 is 0 Å². The van der Waals surface area contributed by atoms with Gasteiger partial charge in [0.15, 0.2) is 27.3 Å². The monoisotopic (exact) mass is 604 g/mol. The lowest BCUT2D eigenvalue weighted by Crippen LogP contribution is -2.51. The van der Waals surface area contributed by atoms with Crippen LogP contribution in [0.5, 0.6) is 0 Å². The van der Waals surface area contributed by atoms with Gasteiger partial charge in [0.2, 0.25) is 5.91 Å². The van der Waals surface area contributed by atoms with Crippen molar-refractivity contribution in [2.24, 2.45) is 11.8 Å². The number of hydrogen-bond donors (Lipinski definition) is 5. The first kappa shape index (κ1) is 30.3. The Morgan fingerprint density at radius 2 is 1.68 bits per heavy atom. The predicted octanol–water partition coefficient (Wildman–Crippen LogP) is 2.56. The molecule has 2 aromatic carbocycles. The van der Waals surface area contributed by atoms with Crippen LogP contribution in [0.15, 0.2) is 35.2 Å². The highest BCUT2D eigenvalue weighted by Crippen LogP contribution is 2.53. The van der Waals surface area contributed by atoms with Crippen molar-refractivity contribution in [2.45, 2.75) is 54.0 Å². The number of carbonyl (C=O) groups excluding carboxylic acids is 2. The van der Waals surface area contributed by atoms with Gasteiger partial charge in [-0.25, -0.2) is 21.6 Å². The van der Waals surface area contributed by atoms with E-state index < -0.39 is 74.5 Å². The molecule has 4 rings (SSSR count). The van der Waals surface area contributed by atoms with Gasteiger partial charge in [0.1, 0.15) is 0 Å². The third-order valence-electron chi connectivity index (χ3n) is 7.74. The van der Waals surface area contributed by atoms with Crippen molar-refractivity contribution >= 4 is 38.9 Å². The summed E-state index contributed by atoms with van der Waals surface area (Å²) in [5.41, 5.74) is -1.99. The van der Waals surface area contributed by atoms with E-state index in [0.29, 0.717) is 25.0 Å². The third kappa shape index (κ3) is 5.98. The molecule has 2 bridgehead atoms. The molecular weight excluding hydrogens is 577 g/mol. The quantitative estimate of drug-likeness (QED) is 0.276. The van der Waals surface area contributed by atoms with E-state index >= 15 is 0 Å². The average Bonchev–Trinajstić information content (AvgIpc) is 3.06. The Hall–Kier alpha value is -2.71. The normalized spacial score (nSPS) is 24.9. The van der Waals surface area contributed by atoms with Crippen LogP contribution < -0.4 is 10.6 Å². The van der Waals surface area contributed by atoms with Crippen LogP contribution in [0.25, 0.3) is 0 Å². The number of aliphatic hydroxyl groups excluding tert-OH is 2. The lowest BCUT2D eigenvalue weighted by Gasteiger charge is -2.42. The second kappa shape index (κ2) is 11.6. The Balaban J connectivity index is 1.51. The highest BCUT2D eigenvalue weighted by molar-refractivity contribution is 7.92. The van der Waals surface area contributed by atoms with Crippen molar-refractivity contribution in [3.63, 3.8) is 0 Å². The van der Waals surface area contributed by atoms with Gasteiger partial charge in [0.05, 0.1) is 39.9 Å². The van der Waals surface area contributed by atoms with Crippen molar-refractivity contribution in [1.82, 2.24) is 5.32 Å². The van der Waals surface area contributed by atoms with Gasteiger partial charge in [-0.3, -0.25) is 9.59 Å². The molecule has 9 nitrogen and oxygen atoms in total. The smallest absolute Gasteiger partial charge is 0.255 e. The number of anilines is 1. The van der Waals surface area contributed by atoms with Gasteiger partial charge in [-0.2, -0.15) is 0 Å². The summed E-state index contributed by atoms with van der Waals surface area (Å²) >= 11 is 6.22. The van der Waals surface area contributed by atoms with E-state index in [1.54, 1.807) is 0 Å². The maximum absolute atomic E-state index is 13.7. The van der Waals surface area contributed by atoms with Crippen LogP contribution in [0, 0.1) is 29.3 Å². The topological polar surface area (TPSA) is 153 Å². The summed E-state index contributed by atoms with van der Waals surface area (Å²) in [6.45, 7) is -0.727. The molecule has 0 heterocycles. The molecule has 2 fully saturated rings. The summed E-state index contributed by atoms with van der Waals surface area (Å²) in [6.07, 6.45) is -0.335. The van der Waals surface area contributed by atoms with Crippen molar-refractivity contribution in [3.05, 3.63) is 58.4 Å². The molecule has 5 atom stereocenters. The molecule has 2 aromatic rings. The number of fused-ring (bicyclic) bond motifs is 2. The fourth-order valence-corrected chi connectivity index (χ4v) is 8.04. The number of rotatable bonds is 9. The molecular formula is C26H28ClF3N2O7S. The van der Waals surface area contributed by atoms with Gasteiger partial charge in [0.25, 0.3) is 5.91 Å². The fourth-order valence-electron chi connectivity index (χ4n) is 5.64. The lowest BCUT2D eigenvalue weighted by atomic mass is 9.72. The maximum atomic E-state index is 13.7. The van der Waals surface area contributed by atoms with E-state index in [1.807, 2.05) is 0 Å². The number of amides is 2. The highest BCUT2D eigenvalue weighted by atomic mass is 35.5. The van der Waals surface area contributed by atoms with Crippen LogP contribution in [-0.4, -0.2) is 65.7 Å². The Morgan fingerprint density at radius 1 is 1.07 bits per heavy atom. The van der Waals surface area contributed by atoms with Gasteiger partial charge in [-0.1, -0.05) is 11.6 Å². The van der Waals surface area contributed by atoms with Crippen LogP contribution >= 0.6 is 11.6 Å². The molecule has 0 spiro atoms. The van der Waals surface area contributed by atoms with E-state index in [1.165, 1.54) is 12.1 Å². The minimum absolute atomic E-state index is 0.0444. The molecule has 0 radical (unpaired) electrons. The van der Waals surface area contributed by atoms with Gasteiger partial charge in [-0.05, 0) is 55.7 Å². The third-order valence-corrected chi connectivity index (χ3v) is 10.4. The molecule has 0 aromatic heterocycles. The molecule has 5 N–H and O–H groups in total. The summed E-state index contributed by atoms with van der Waals surface area (Å²) in [4.78, 5) is 24.8. The largest absolute Gasteiger partial charge is 0.394 e. The van der Waals surface area contributed by atoms with Crippen LogP contribution in [0.3, 0.4) is 0 Å². The number of sulfone groups is 1. The first-order valence-corrected chi connectivity index (χ1v) is 14.5. The maximum Gasteiger partial charge on any atom is 0.255 e. The van der Waals surface area contributed by atoms with Crippen LogP contribution in [-0.2, 0) is 14.6 Å². The Bertz CT molecular complexity index is 1390. The first-order valence-electron chi connectivity index (χ1n) is 12.5. The number of nitrogens with one attached hydrogen (secondary N) is 2. The zero-order valence-corrected chi connectivity index (χ0v) is 22.6. The zero-order valence-electron chi connectivity index (χ0n) is 21.0. The zero-order chi connectivity index (χ0) is 29.4. The van der Waals surface area contributed by atoms with Crippen LogP contribution in [0.4, 0.5) is 18.9 Å². The van der Waals surface area contributed by atoms with Crippen molar-refractivity contribution < 1.29 is 46.5 Å². The number of halogens is 4. The Kier molecular flexibility index (Phi) is 8.81. The minimum Gasteiger partial charge on any atom is -0.394 e. The number of aliphatic hydroxyl groups is 3. The second-order valence-electron chi connectivity index (χ2n) is 10.3.